The number of benzene rings is 2. The van der Waals surface area contributed by atoms with E-state index in [0.29, 0.717) is 0 Å². The van der Waals surface area contributed by atoms with Gasteiger partial charge in [-0.25, -0.2) is 13.1 Å². The molecule has 0 atom stereocenters. The summed E-state index contributed by atoms with van der Waals surface area (Å²) in [7, 11) is -3.49. The van der Waals surface area contributed by atoms with Crippen molar-refractivity contribution in [2.45, 2.75) is 24.9 Å². The Morgan fingerprint density at radius 1 is 0.917 bits per heavy atom. The molecule has 4 nitrogen and oxygen atoms in total. The zero-order valence-electron chi connectivity index (χ0n) is 13.5. The first-order chi connectivity index (χ1) is 11.5. The van der Waals surface area contributed by atoms with Crippen molar-refractivity contribution in [1.29, 1.82) is 0 Å². The minimum atomic E-state index is -3.49. The Balaban J connectivity index is 1.71. The highest BCUT2D eigenvalue weighted by Crippen LogP contribution is 2.12. The van der Waals surface area contributed by atoms with Crippen LogP contribution in [0.2, 0.25) is 0 Å². The lowest BCUT2D eigenvalue weighted by molar-refractivity contribution is 0.578. The number of rotatable bonds is 6. The minimum Gasteiger partial charge on any atom is -0.346 e. The third kappa shape index (κ3) is 3.93. The van der Waals surface area contributed by atoms with Crippen LogP contribution in [0.5, 0.6) is 0 Å². The van der Waals surface area contributed by atoms with Gasteiger partial charge in [-0.15, -0.1) is 0 Å². The molecule has 0 aliphatic rings. The average Bonchev–Trinajstić information content (AvgIpc) is 3.03. The maximum atomic E-state index is 12.3. The van der Waals surface area contributed by atoms with E-state index in [0.717, 1.165) is 12.2 Å². The monoisotopic (exact) mass is 340 g/mol. The Morgan fingerprint density at radius 2 is 1.62 bits per heavy atom. The molecule has 0 aliphatic carbocycles. The molecule has 0 bridgehead atoms. The highest BCUT2D eigenvalue weighted by Gasteiger charge is 2.13. The van der Waals surface area contributed by atoms with Gasteiger partial charge in [0.15, 0.2) is 0 Å². The van der Waals surface area contributed by atoms with Crippen LogP contribution in [0.25, 0.3) is 0 Å². The van der Waals surface area contributed by atoms with Gasteiger partial charge in [-0.1, -0.05) is 48.0 Å². The van der Waals surface area contributed by atoms with Gasteiger partial charge in [0.2, 0.25) is 10.0 Å². The fraction of sp³-hybridized carbons (Fsp3) is 0.158. The van der Waals surface area contributed by atoms with Gasteiger partial charge in [0.1, 0.15) is 0 Å². The number of aryl methyl sites for hydroxylation is 1. The third-order valence-corrected chi connectivity index (χ3v) is 5.31. The molecule has 3 aromatic rings. The van der Waals surface area contributed by atoms with Crippen molar-refractivity contribution in [1.82, 2.24) is 9.29 Å². The summed E-state index contributed by atoms with van der Waals surface area (Å²) >= 11 is 0. The molecule has 124 valence electrons. The van der Waals surface area contributed by atoms with E-state index in [1.807, 2.05) is 18.3 Å². The smallest absolute Gasteiger partial charge is 0.240 e. The number of nitrogens with zero attached hydrogens (tertiary/aromatic N) is 1. The minimum absolute atomic E-state index is 0.260. The largest absolute Gasteiger partial charge is 0.346 e. The van der Waals surface area contributed by atoms with E-state index in [2.05, 4.69) is 40.5 Å². The van der Waals surface area contributed by atoms with Gasteiger partial charge in [-0.2, -0.15) is 0 Å². The summed E-state index contributed by atoms with van der Waals surface area (Å²) in [4.78, 5) is 0.279. The predicted octanol–water partition coefficient (Wildman–Crippen LogP) is 3.32. The van der Waals surface area contributed by atoms with Crippen LogP contribution in [0.15, 0.2) is 77.8 Å². The van der Waals surface area contributed by atoms with Crippen molar-refractivity contribution in [3.8, 4) is 0 Å². The van der Waals surface area contributed by atoms with Crippen molar-refractivity contribution >= 4 is 10.0 Å². The van der Waals surface area contributed by atoms with E-state index >= 15 is 0 Å². The predicted molar refractivity (Wildman–Crippen MR) is 95.2 cm³/mol. The molecule has 1 aromatic heterocycles. The Bertz CT molecular complexity index is 898. The van der Waals surface area contributed by atoms with Gasteiger partial charge in [-0.05, 0) is 36.8 Å². The quantitative estimate of drug-likeness (QED) is 0.748. The van der Waals surface area contributed by atoms with E-state index in [1.165, 1.54) is 11.1 Å². The fourth-order valence-electron chi connectivity index (χ4n) is 2.51. The van der Waals surface area contributed by atoms with E-state index in [-0.39, 0.29) is 11.4 Å². The second-order valence-electron chi connectivity index (χ2n) is 5.75. The first-order valence-electron chi connectivity index (χ1n) is 7.79. The van der Waals surface area contributed by atoms with E-state index in [9.17, 15) is 8.42 Å². The van der Waals surface area contributed by atoms with Crippen LogP contribution in [0.3, 0.4) is 0 Å². The molecule has 2 aromatic carbocycles. The van der Waals surface area contributed by atoms with Crippen LogP contribution in [0.4, 0.5) is 0 Å². The van der Waals surface area contributed by atoms with E-state index in [4.69, 9.17) is 0 Å². The zero-order valence-corrected chi connectivity index (χ0v) is 14.3. The SMILES string of the molecule is Cc1ccc(Cn2cccc2CNS(=O)(=O)c2ccccc2)cc1. The average molecular weight is 340 g/mol. The van der Waals surface area contributed by atoms with Crippen molar-refractivity contribution in [3.05, 3.63) is 89.7 Å². The van der Waals surface area contributed by atoms with Crippen LogP contribution in [-0.2, 0) is 23.1 Å². The summed E-state index contributed by atoms with van der Waals surface area (Å²) in [6.07, 6.45) is 1.96. The molecule has 0 radical (unpaired) electrons. The molecule has 5 heteroatoms. The van der Waals surface area contributed by atoms with Crippen molar-refractivity contribution in [2.24, 2.45) is 0 Å². The van der Waals surface area contributed by atoms with Gasteiger partial charge in [-0.3, -0.25) is 0 Å². The highest BCUT2D eigenvalue weighted by molar-refractivity contribution is 7.89. The summed E-state index contributed by atoms with van der Waals surface area (Å²) in [6, 6.07) is 20.6. The number of hydrogen-bond acceptors (Lipinski definition) is 2. The molecule has 3 rings (SSSR count). The van der Waals surface area contributed by atoms with Gasteiger partial charge >= 0.3 is 0 Å². The second-order valence-corrected chi connectivity index (χ2v) is 7.52. The molecule has 0 spiro atoms. The number of sulfonamides is 1. The van der Waals surface area contributed by atoms with Crippen molar-refractivity contribution in [2.75, 3.05) is 0 Å². The molecule has 24 heavy (non-hydrogen) atoms. The lowest BCUT2D eigenvalue weighted by Gasteiger charge is -2.11. The van der Waals surface area contributed by atoms with Gasteiger partial charge in [0, 0.05) is 18.4 Å². The summed E-state index contributed by atoms with van der Waals surface area (Å²) in [5, 5.41) is 0. The third-order valence-electron chi connectivity index (χ3n) is 3.89. The van der Waals surface area contributed by atoms with Crippen LogP contribution < -0.4 is 4.72 Å². The van der Waals surface area contributed by atoms with Crippen LogP contribution >= 0.6 is 0 Å². The molecule has 1 heterocycles. The summed E-state index contributed by atoms with van der Waals surface area (Å²) in [5.74, 6) is 0. The van der Waals surface area contributed by atoms with Crippen LogP contribution in [0.1, 0.15) is 16.8 Å². The summed E-state index contributed by atoms with van der Waals surface area (Å²) in [6.45, 7) is 3.04. The Kier molecular flexibility index (Phi) is 4.83. The number of nitrogens with one attached hydrogen (secondary N) is 1. The molecule has 0 unspecified atom stereocenters. The Labute approximate surface area is 142 Å². The maximum Gasteiger partial charge on any atom is 0.240 e. The second kappa shape index (κ2) is 7.03. The van der Waals surface area contributed by atoms with Crippen LogP contribution in [0, 0.1) is 6.92 Å². The fourth-order valence-corrected chi connectivity index (χ4v) is 3.53. The van der Waals surface area contributed by atoms with E-state index in [1.54, 1.807) is 30.3 Å². The standard InChI is InChI=1S/C19H20N2O2S/c1-16-9-11-17(12-10-16)15-21-13-5-6-18(21)14-20-24(22,23)19-7-3-2-4-8-19/h2-13,20H,14-15H2,1H3. The molecular weight excluding hydrogens is 320 g/mol. The molecular formula is C19H20N2O2S. The Hall–Kier alpha value is -2.37. The highest BCUT2D eigenvalue weighted by atomic mass is 32.2. The normalized spacial score (nSPS) is 11.5. The first-order valence-corrected chi connectivity index (χ1v) is 9.27. The van der Waals surface area contributed by atoms with Crippen molar-refractivity contribution < 1.29 is 8.42 Å². The first kappa shape index (κ1) is 16.5. The summed E-state index contributed by atoms with van der Waals surface area (Å²) < 4.78 is 29.3. The number of hydrogen-bond donors (Lipinski definition) is 1. The molecule has 1 N–H and O–H groups in total. The molecule has 0 saturated heterocycles. The zero-order chi connectivity index (χ0) is 17.0. The molecule has 0 amide bonds. The van der Waals surface area contributed by atoms with Gasteiger partial charge < -0.3 is 4.57 Å². The van der Waals surface area contributed by atoms with Crippen LogP contribution in [-0.4, -0.2) is 13.0 Å². The number of aromatic nitrogens is 1. The Morgan fingerprint density at radius 3 is 2.33 bits per heavy atom. The van der Waals surface area contributed by atoms with Gasteiger partial charge in [0.05, 0.1) is 11.4 Å². The molecule has 0 saturated carbocycles. The maximum absolute atomic E-state index is 12.3. The van der Waals surface area contributed by atoms with E-state index < -0.39 is 10.0 Å². The lowest BCUT2D eigenvalue weighted by Crippen LogP contribution is -2.24. The topological polar surface area (TPSA) is 51.1 Å². The summed E-state index contributed by atoms with van der Waals surface area (Å²) in [5.41, 5.74) is 3.33. The molecule has 0 fully saturated rings. The van der Waals surface area contributed by atoms with Gasteiger partial charge in [0.25, 0.3) is 0 Å². The van der Waals surface area contributed by atoms with Crippen molar-refractivity contribution in [3.63, 3.8) is 0 Å². The lowest BCUT2D eigenvalue weighted by atomic mass is 10.1. The molecule has 0 aliphatic heterocycles.